The topological polar surface area (TPSA) is 69.0 Å². The number of aryl methyl sites for hydroxylation is 1. The number of nitrogens with zero attached hydrogens (tertiary/aromatic N) is 3. The summed E-state index contributed by atoms with van der Waals surface area (Å²) in [5.41, 5.74) is 0. The van der Waals surface area contributed by atoms with E-state index in [2.05, 4.69) is 22.4 Å². The van der Waals surface area contributed by atoms with Gasteiger partial charge in [0, 0.05) is 26.8 Å². The lowest BCUT2D eigenvalue weighted by molar-refractivity contribution is -0.120. The van der Waals surface area contributed by atoms with E-state index in [0.717, 1.165) is 37.5 Å². The number of nitrogens with one attached hydrogen (secondary N) is 1. The Balaban J connectivity index is 2.42. The molecule has 20 heavy (non-hydrogen) atoms. The van der Waals surface area contributed by atoms with Crippen molar-refractivity contribution >= 4 is 17.7 Å². The molecule has 0 aliphatic carbocycles. The molecule has 1 aromatic heterocycles. The van der Waals surface area contributed by atoms with Crippen LogP contribution in [0.1, 0.15) is 33.1 Å². The molecule has 0 radical (unpaired) electrons. The third kappa shape index (κ3) is 5.92. The van der Waals surface area contributed by atoms with Crippen LogP contribution in [0.25, 0.3) is 0 Å². The molecule has 6 nitrogen and oxygen atoms in total. The van der Waals surface area contributed by atoms with Crippen molar-refractivity contribution in [3.05, 3.63) is 6.33 Å². The highest BCUT2D eigenvalue weighted by atomic mass is 32.2. The molecule has 0 aromatic carbocycles. The van der Waals surface area contributed by atoms with Gasteiger partial charge in [-0.2, -0.15) is 0 Å². The second kappa shape index (κ2) is 9.77. The van der Waals surface area contributed by atoms with Crippen molar-refractivity contribution in [3.63, 3.8) is 0 Å². The molecule has 0 bridgehead atoms. The van der Waals surface area contributed by atoms with E-state index in [0.29, 0.717) is 6.61 Å². The molecule has 0 saturated carbocycles. The number of unbranched alkanes of at least 4 members (excludes halogenated alkanes) is 1. The predicted molar refractivity (Wildman–Crippen MR) is 79.8 cm³/mol. The van der Waals surface area contributed by atoms with Crippen molar-refractivity contribution < 1.29 is 9.53 Å². The van der Waals surface area contributed by atoms with Crippen LogP contribution in [0.5, 0.6) is 0 Å². The lowest BCUT2D eigenvalue weighted by Gasteiger charge is -2.12. The first-order chi connectivity index (χ1) is 9.69. The van der Waals surface area contributed by atoms with Crippen molar-refractivity contribution in [2.75, 3.05) is 20.3 Å². The van der Waals surface area contributed by atoms with E-state index in [4.69, 9.17) is 4.74 Å². The molecular formula is C13H24N4O2S. The maximum Gasteiger partial charge on any atom is 0.233 e. The molecule has 1 rings (SSSR count). The molecule has 1 heterocycles. The smallest absolute Gasteiger partial charge is 0.233 e. The Bertz CT molecular complexity index is 397. The van der Waals surface area contributed by atoms with Gasteiger partial charge in [-0.3, -0.25) is 4.79 Å². The third-order valence-corrected chi connectivity index (χ3v) is 3.90. The van der Waals surface area contributed by atoms with Crippen LogP contribution < -0.4 is 5.32 Å². The zero-order valence-corrected chi connectivity index (χ0v) is 13.3. The first-order valence-electron chi connectivity index (χ1n) is 7.00. The van der Waals surface area contributed by atoms with Crippen LogP contribution in [-0.2, 0) is 16.1 Å². The summed E-state index contributed by atoms with van der Waals surface area (Å²) >= 11 is 1.44. The lowest BCUT2D eigenvalue weighted by Crippen LogP contribution is -2.31. The van der Waals surface area contributed by atoms with Crippen molar-refractivity contribution in [3.8, 4) is 0 Å². The minimum Gasteiger partial charge on any atom is -0.385 e. The van der Waals surface area contributed by atoms with Gasteiger partial charge in [0.25, 0.3) is 0 Å². The number of methoxy groups -OCH3 is 1. The fraction of sp³-hybridized carbons (Fsp3) is 0.769. The zero-order chi connectivity index (χ0) is 14.8. The normalized spacial score (nSPS) is 12.3. The Kier molecular flexibility index (Phi) is 8.29. The number of amides is 1. The standard InChI is InChI=1S/C13H24N4O2S/c1-4-5-7-14-12(18)11(2)20-13-16-15-10-17(13)8-6-9-19-3/h10-11H,4-9H2,1-3H3,(H,14,18). The predicted octanol–water partition coefficient (Wildman–Crippen LogP) is 1.71. The van der Waals surface area contributed by atoms with Crippen molar-refractivity contribution in [2.24, 2.45) is 0 Å². The van der Waals surface area contributed by atoms with E-state index < -0.39 is 0 Å². The summed E-state index contributed by atoms with van der Waals surface area (Å²) in [7, 11) is 1.69. The van der Waals surface area contributed by atoms with Crippen LogP contribution in [0.4, 0.5) is 0 Å². The second-order valence-corrected chi connectivity index (χ2v) is 5.87. The highest BCUT2D eigenvalue weighted by Crippen LogP contribution is 2.21. The first kappa shape index (κ1) is 17.0. The summed E-state index contributed by atoms with van der Waals surface area (Å²) in [5.74, 6) is 0.0508. The second-order valence-electron chi connectivity index (χ2n) is 4.56. The van der Waals surface area contributed by atoms with Gasteiger partial charge in [0.2, 0.25) is 5.91 Å². The van der Waals surface area contributed by atoms with Crippen molar-refractivity contribution in [1.82, 2.24) is 20.1 Å². The van der Waals surface area contributed by atoms with Gasteiger partial charge in [0.05, 0.1) is 5.25 Å². The molecule has 0 aliphatic rings. The molecule has 0 aliphatic heterocycles. The first-order valence-corrected chi connectivity index (χ1v) is 7.88. The largest absolute Gasteiger partial charge is 0.385 e. The van der Waals surface area contributed by atoms with E-state index in [1.54, 1.807) is 13.4 Å². The van der Waals surface area contributed by atoms with Crippen LogP contribution in [-0.4, -0.2) is 46.2 Å². The lowest BCUT2D eigenvalue weighted by atomic mass is 10.3. The summed E-state index contributed by atoms with van der Waals surface area (Å²) in [4.78, 5) is 11.9. The molecule has 0 saturated heterocycles. The highest BCUT2D eigenvalue weighted by Gasteiger charge is 2.17. The molecule has 1 N–H and O–H groups in total. The number of hydrogen-bond donors (Lipinski definition) is 1. The fourth-order valence-corrected chi connectivity index (χ4v) is 2.49. The van der Waals surface area contributed by atoms with Gasteiger partial charge in [-0.15, -0.1) is 10.2 Å². The average Bonchev–Trinajstić information content (AvgIpc) is 2.86. The van der Waals surface area contributed by atoms with E-state index in [-0.39, 0.29) is 11.2 Å². The Morgan fingerprint density at radius 1 is 1.55 bits per heavy atom. The Morgan fingerprint density at radius 2 is 2.35 bits per heavy atom. The molecule has 114 valence electrons. The molecule has 1 amide bonds. The van der Waals surface area contributed by atoms with Crippen molar-refractivity contribution in [1.29, 1.82) is 0 Å². The van der Waals surface area contributed by atoms with Crippen LogP contribution in [0.3, 0.4) is 0 Å². The number of thioether (sulfide) groups is 1. The number of carbonyl (C=O) groups excluding carboxylic acids is 1. The van der Waals surface area contributed by atoms with Crippen LogP contribution in [0, 0.1) is 0 Å². The maximum atomic E-state index is 11.9. The van der Waals surface area contributed by atoms with Crippen LogP contribution in [0.2, 0.25) is 0 Å². The highest BCUT2D eigenvalue weighted by molar-refractivity contribution is 8.00. The third-order valence-electron chi connectivity index (χ3n) is 2.81. The molecule has 0 spiro atoms. The van der Waals surface area contributed by atoms with E-state index >= 15 is 0 Å². The number of ether oxygens (including phenoxy) is 1. The maximum absolute atomic E-state index is 11.9. The number of hydrogen-bond acceptors (Lipinski definition) is 5. The monoisotopic (exact) mass is 300 g/mol. The molecular weight excluding hydrogens is 276 g/mol. The summed E-state index contributed by atoms with van der Waals surface area (Å²) in [6, 6.07) is 0. The molecule has 1 atom stereocenters. The molecule has 7 heteroatoms. The summed E-state index contributed by atoms with van der Waals surface area (Å²) in [5, 5.41) is 11.5. The molecule has 1 unspecified atom stereocenters. The summed E-state index contributed by atoms with van der Waals surface area (Å²) in [6.45, 7) is 6.23. The Morgan fingerprint density at radius 3 is 3.05 bits per heavy atom. The minimum absolute atomic E-state index is 0.0508. The van der Waals surface area contributed by atoms with Crippen molar-refractivity contribution in [2.45, 2.75) is 50.1 Å². The average molecular weight is 300 g/mol. The van der Waals surface area contributed by atoms with E-state index in [1.165, 1.54) is 11.8 Å². The number of carbonyl (C=O) groups is 1. The van der Waals surface area contributed by atoms with Gasteiger partial charge in [-0.1, -0.05) is 25.1 Å². The van der Waals surface area contributed by atoms with Gasteiger partial charge >= 0.3 is 0 Å². The van der Waals surface area contributed by atoms with Gasteiger partial charge < -0.3 is 14.6 Å². The quantitative estimate of drug-likeness (QED) is 0.526. The van der Waals surface area contributed by atoms with Gasteiger partial charge in [0.1, 0.15) is 6.33 Å². The fourth-order valence-electron chi connectivity index (χ4n) is 1.61. The number of rotatable bonds is 10. The Hall–Kier alpha value is -1.08. The number of aromatic nitrogens is 3. The SMILES string of the molecule is CCCCNC(=O)C(C)Sc1nncn1CCCOC. The van der Waals surface area contributed by atoms with Gasteiger partial charge in [-0.25, -0.2) is 0 Å². The van der Waals surface area contributed by atoms with Gasteiger partial charge in [-0.05, 0) is 19.8 Å². The van der Waals surface area contributed by atoms with Gasteiger partial charge in [0.15, 0.2) is 5.16 Å². The molecule has 0 fully saturated rings. The zero-order valence-electron chi connectivity index (χ0n) is 12.5. The summed E-state index contributed by atoms with van der Waals surface area (Å²) in [6.07, 6.45) is 4.69. The minimum atomic E-state index is -0.169. The Labute approximate surface area is 124 Å². The van der Waals surface area contributed by atoms with E-state index in [1.807, 2.05) is 11.5 Å². The van der Waals surface area contributed by atoms with Crippen LogP contribution in [0.15, 0.2) is 11.5 Å². The molecule has 1 aromatic rings. The summed E-state index contributed by atoms with van der Waals surface area (Å²) < 4.78 is 6.99. The van der Waals surface area contributed by atoms with E-state index in [9.17, 15) is 4.79 Å². The van der Waals surface area contributed by atoms with Crippen LogP contribution >= 0.6 is 11.8 Å².